The monoisotopic (exact) mass is 258 g/mol. The average Bonchev–Trinajstić information content (AvgIpc) is 3.02. The summed E-state index contributed by atoms with van der Waals surface area (Å²) in [6.45, 7) is 2.70. The lowest BCUT2D eigenvalue weighted by Crippen LogP contribution is -2.16. The molecule has 0 aliphatic carbocycles. The molecule has 0 saturated heterocycles. The molecule has 1 aliphatic rings. The summed E-state index contributed by atoms with van der Waals surface area (Å²) in [5.74, 6) is 0.524. The van der Waals surface area contributed by atoms with Crippen LogP contribution in [-0.4, -0.2) is 22.5 Å². The van der Waals surface area contributed by atoms with Gasteiger partial charge in [0.25, 0.3) is 0 Å². The SMILES string of the molecule is Cc1nn(C(=O)OCc2ccccc2)c2c1CCO2. The average molecular weight is 258 g/mol. The van der Waals surface area contributed by atoms with Crippen LogP contribution in [0.4, 0.5) is 4.79 Å². The summed E-state index contributed by atoms with van der Waals surface area (Å²) in [7, 11) is 0. The number of hydrogen-bond donors (Lipinski definition) is 0. The van der Waals surface area contributed by atoms with Crippen molar-refractivity contribution in [1.82, 2.24) is 9.78 Å². The van der Waals surface area contributed by atoms with Crippen molar-refractivity contribution in [3.63, 3.8) is 0 Å². The summed E-state index contributed by atoms with van der Waals surface area (Å²) in [4.78, 5) is 12.0. The van der Waals surface area contributed by atoms with Gasteiger partial charge in [0, 0.05) is 12.0 Å². The molecule has 98 valence electrons. The van der Waals surface area contributed by atoms with Gasteiger partial charge in [0.1, 0.15) is 6.61 Å². The molecular weight excluding hydrogens is 244 g/mol. The highest BCUT2D eigenvalue weighted by molar-refractivity contribution is 5.72. The standard InChI is InChI=1S/C14H14N2O3/c1-10-12-7-8-18-13(12)16(15-10)14(17)19-9-11-5-3-2-4-6-11/h2-6H,7-9H2,1H3. The first kappa shape index (κ1) is 11.8. The summed E-state index contributed by atoms with van der Waals surface area (Å²) >= 11 is 0. The van der Waals surface area contributed by atoms with Crippen molar-refractivity contribution < 1.29 is 14.3 Å². The molecule has 0 radical (unpaired) electrons. The topological polar surface area (TPSA) is 53.4 Å². The van der Waals surface area contributed by atoms with Crippen molar-refractivity contribution in [3.05, 3.63) is 47.2 Å². The van der Waals surface area contributed by atoms with Crippen LogP contribution in [0.3, 0.4) is 0 Å². The van der Waals surface area contributed by atoms with E-state index >= 15 is 0 Å². The molecule has 0 spiro atoms. The molecule has 2 heterocycles. The van der Waals surface area contributed by atoms with Gasteiger partial charge in [-0.3, -0.25) is 0 Å². The molecule has 1 aliphatic heterocycles. The van der Waals surface area contributed by atoms with Gasteiger partial charge in [-0.05, 0) is 12.5 Å². The highest BCUT2D eigenvalue weighted by Gasteiger charge is 2.26. The molecule has 0 saturated carbocycles. The third kappa shape index (κ3) is 2.19. The molecule has 0 unspecified atom stereocenters. The third-order valence-corrected chi connectivity index (χ3v) is 3.11. The molecular formula is C14H14N2O3. The summed E-state index contributed by atoms with van der Waals surface area (Å²) in [5, 5.41) is 4.16. The van der Waals surface area contributed by atoms with Gasteiger partial charge in [0.05, 0.1) is 12.3 Å². The zero-order valence-electron chi connectivity index (χ0n) is 10.6. The molecule has 2 aromatic rings. The smallest absolute Gasteiger partial charge is 0.438 e. The number of ether oxygens (including phenoxy) is 2. The molecule has 1 aromatic heterocycles. The number of aromatic nitrogens is 2. The number of carbonyl (C=O) groups is 1. The van der Waals surface area contributed by atoms with Crippen molar-refractivity contribution in [2.24, 2.45) is 0 Å². The minimum Gasteiger partial charge on any atom is -0.477 e. The van der Waals surface area contributed by atoms with Crippen LogP contribution < -0.4 is 4.74 Å². The highest BCUT2D eigenvalue weighted by Crippen LogP contribution is 2.28. The quantitative estimate of drug-likeness (QED) is 0.829. The lowest BCUT2D eigenvalue weighted by atomic mass is 10.2. The van der Waals surface area contributed by atoms with E-state index in [1.807, 2.05) is 37.3 Å². The number of fused-ring (bicyclic) bond motifs is 1. The molecule has 1 aromatic carbocycles. The number of hydrogen-bond acceptors (Lipinski definition) is 4. The predicted octanol–water partition coefficient (Wildman–Crippen LogP) is 2.31. The van der Waals surface area contributed by atoms with Gasteiger partial charge < -0.3 is 9.47 Å². The molecule has 3 rings (SSSR count). The van der Waals surface area contributed by atoms with Crippen molar-refractivity contribution >= 4 is 6.09 Å². The maximum absolute atomic E-state index is 12.0. The Bertz CT molecular complexity index is 605. The van der Waals surface area contributed by atoms with Gasteiger partial charge in [0.2, 0.25) is 5.88 Å². The van der Waals surface area contributed by atoms with E-state index < -0.39 is 6.09 Å². The van der Waals surface area contributed by atoms with E-state index in [4.69, 9.17) is 9.47 Å². The molecule has 19 heavy (non-hydrogen) atoms. The summed E-state index contributed by atoms with van der Waals surface area (Å²) < 4.78 is 11.9. The molecule has 5 nitrogen and oxygen atoms in total. The van der Waals surface area contributed by atoms with E-state index in [0.29, 0.717) is 12.5 Å². The zero-order valence-corrected chi connectivity index (χ0v) is 10.6. The van der Waals surface area contributed by atoms with Gasteiger partial charge in [0.15, 0.2) is 0 Å². The number of aryl methyl sites for hydroxylation is 1. The lowest BCUT2D eigenvalue weighted by molar-refractivity contribution is 0.134. The maximum atomic E-state index is 12.0. The summed E-state index contributed by atoms with van der Waals surface area (Å²) in [6, 6.07) is 9.54. The Morgan fingerprint density at radius 1 is 1.42 bits per heavy atom. The second-order valence-corrected chi connectivity index (χ2v) is 4.42. The number of nitrogens with zero attached hydrogens (tertiary/aromatic N) is 2. The van der Waals surface area contributed by atoms with Crippen LogP contribution in [0.2, 0.25) is 0 Å². The fourth-order valence-corrected chi connectivity index (χ4v) is 2.13. The Kier molecular flexibility index (Phi) is 2.95. The van der Waals surface area contributed by atoms with Crippen LogP contribution in [0, 0.1) is 6.92 Å². The molecule has 0 bridgehead atoms. The van der Waals surface area contributed by atoms with E-state index in [0.717, 1.165) is 23.2 Å². The predicted molar refractivity (Wildman–Crippen MR) is 68.2 cm³/mol. The Hall–Kier alpha value is -2.30. The van der Waals surface area contributed by atoms with Crippen LogP contribution >= 0.6 is 0 Å². The molecule has 0 fully saturated rings. The van der Waals surface area contributed by atoms with Crippen molar-refractivity contribution in [1.29, 1.82) is 0 Å². The minimum atomic E-state index is -0.505. The number of rotatable bonds is 2. The van der Waals surface area contributed by atoms with Gasteiger partial charge in [-0.15, -0.1) is 4.68 Å². The summed E-state index contributed by atoms with van der Waals surface area (Å²) in [6.07, 6.45) is 0.294. The molecule has 0 atom stereocenters. The second-order valence-electron chi connectivity index (χ2n) is 4.42. The van der Waals surface area contributed by atoms with Crippen molar-refractivity contribution in [2.45, 2.75) is 20.0 Å². The lowest BCUT2D eigenvalue weighted by Gasteiger charge is -2.06. The van der Waals surface area contributed by atoms with E-state index in [1.54, 1.807) is 0 Å². The minimum absolute atomic E-state index is 0.230. The van der Waals surface area contributed by atoms with E-state index in [1.165, 1.54) is 4.68 Å². The summed E-state index contributed by atoms with van der Waals surface area (Å²) in [5.41, 5.74) is 2.76. The van der Waals surface area contributed by atoms with Crippen molar-refractivity contribution in [2.75, 3.05) is 6.61 Å². The highest BCUT2D eigenvalue weighted by atomic mass is 16.6. The first-order chi connectivity index (χ1) is 9.25. The number of benzene rings is 1. The van der Waals surface area contributed by atoms with E-state index in [-0.39, 0.29) is 6.61 Å². The Balaban J connectivity index is 1.73. The Labute approximate surface area is 110 Å². The fraction of sp³-hybridized carbons (Fsp3) is 0.286. The molecule has 5 heteroatoms. The number of carbonyl (C=O) groups excluding carboxylic acids is 1. The van der Waals surface area contributed by atoms with Gasteiger partial charge in [-0.25, -0.2) is 4.79 Å². The van der Waals surface area contributed by atoms with Crippen LogP contribution in [0.5, 0.6) is 5.88 Å². The Morgan fingerprint density at radius 3 is 3.00 bits per heavy atom. The second kappa shape index (κ2) is 4.76. The van der Waals surface area contributed by atoms with Crippen LogP contribution in [0.1, 0.15) is 16.8 Å². The van der Waals surface area contributed by atoms with Crippen LogP contribution in [-0.2, 0) is 17.8 Å². The first-order valence-corrected chi connectivity index (χ1v) is 6.18. The van der Waals surface area contributed by atoms with Crippen LogP contribution in [0.25, 0.3) is 0 Å². The molecule has 0 N–H and O–H groups in total. The van der Waals surface area contributed by atoms with E-state index in [9.17, 15) is 4.79 Å². The van der Waals surface area contributed by atoms with Gasteiger partial charge in [-0.1, -0.05) is 30.3 Å². The molecule has 0 amide bonds. The van der Waals surface area contributed by atoms with Crippen LogP contribution in [0.15, 0.2) is 30.3 Å². The van der Waals surface area contributed by atoms with Crippen molar-refractivity contribution in [3.8, 4) is 5.88 Å². The zero-order chi connectivity index (χ0) is 13.2. The normalized spacial score (nSPS) is 12.9. The largest absolute Gasteiger partial charge is 0.477 e. The first-order valence-electron chi connectivity index (χ1n) is 6.18. The Morgan fingerprint density at radius 2 is 2.21 bits per heavy atom. The third-order valence-electron chi connectivity index (χ3n) is 3.11. The maximum Gasteiger partial charge on any atom is 0.438 e. The van der Waals surface area contributed by atoms with Gasteiger partial charge in [-0.2, -0.15) is 5.10 Å². The van der Waals surface area contributed by atoms with E-state index in [2.05, 4.69) is 5.10 Å². The van der Waals surface area contributed by atoms with Gasteiger partial charge >= 0.3 is 6.09 Å². The fourth-order valence-electron chi connectivity index (χ4n) is 2.13.